The van der Waals surface area contributed by atoms with Crippen molar-refractivity contribution in [2.45, 2.75) is 17.6 Å². The predicted octanol–water partition coefficient (Wildman–Crippen LogP) is 1.64. The van der Waals surface area contributed by atoms with Crippen molar-refractivity contribution >= 4 is 15.8 Å². The van der Waals surface area contributed by atoms with E-state index in [9.17, 15) is 18.4 Å². The van der Waals surface area contributed by atoms with Crippen molar-refractivity contribution < 1.29 is 22.7 Å². The van der Waals surface area contributed by atoms with Gasteiger partial charge >= 0.3 is 5.97 Å². The maximum Gasteiger partial charge on any atom is 0.359 e. The lowest BCUT2D eigenvalue weighted by molar-refractivity contribution is -0.605. The maximum atomic E-state index is 12.7. The summed E-state index contributed by atoms with van der Waals surface area (Å²) in [6.45, 7) is 1.79. The minimum Gasteiger partial charge on any atom is -0.619 e. The Labute approximate surface area is 155 Å². The van der Waals surface area contributed by atoms with E-state index < -0.39 is 15.8 Å². The molecular weight excluding hydrogens is 370 g/mol. The summed E-state index contributed by atoms with van der Waals surface area (Å²) in [6, 6.07) is 9.74. The number of carbonyl (C=O) groups excluding carboxylic acids is 1. The van der Waals surface area contributed by atoms with Crippen LogP contribution in [0.5, 0.6) is 0 Å². The molecule has 1 aliphatic rings. The van der Waals surface area contributed by atoms with Crippen LogP contribution in [0.25, 0.3) is 16.9 Å². The van der Waals surface area contributed by atoms with Crippen molar-refractivity contribution in [3.05, 3.63) is 65.3 Å². The molecule has 138 valence electrons. The van der Waals surface area contributed by atoms with Crippen molar-refractivity contribution in [3.63, 3.8) is 0 Å². The molecule has 9 heteroatoms. The van der Waals surface area contributed by atoms with Gasteiger partial charge in [-0.15, -0.1) is 0 Å². The fourth-order valence-corrected chi connectivity index (χ4v) is 4.78. The number of fused-ring (bicyclic) bond motifs is 3. The first kappa shape index (κ1) is 17.2. The van der Waals surface area contributed by atoms with E-state index in [1.807, 2.05) is 0 Å². The van der Waals surface area contributed by atoms with Gasteiger partial charge in [-0.1, -0.05) is 18.2 Å². The number of pyridine rings is 1. The van der Waals surface area contributed by atoms with Crippen LogP contribution in [0.15, 0.2) is 53.7 Å². The van der Waals surface area contributed by atoms with E-state index in [-0.39, 0.29) is 28.5 Å². The van der Waals surface area contributed by atoms with Gasteiger partial charge in [0.15, 0.2) is 21.7 Å². The molecule has 1 aromatic carbocycles. The summed E-state index contributed by atoms with van der Waals surface area (Å²) in [5.41, 5.74) is 1.52. The molecule has 0 atom stereocenters. The van der Waals surface area contributed by atoms with E-state index in [4.69, 9.17) is 4.74 Å². The maximum absolute atomic E-state index is 12.7. The quantitative estimate of drug-likeness (QED) is 0.386. The highest BCUT2D eigenvalue weighted by molar-refractivity contribution is 7.90. The summed E-state index contributed by atoms with van der Waals surface area (Å²) in [6.07, 6.45) is 2.62. The number of ether oxygens (including phenoxy) is 1. The molecule has 1 aliphatic heterocycles. The van der Waals surface area contributed by atoms with E-state index >= 15 is 0 Å². The molecule has 4 rings (SSSR count). The second-order valence-electron chi connectivity index (χ2n) is 5.99. The lowest BCUT2D eigenvalue weighted by Crippen LogP contribution is -2.25. The summed E-state index contributed by atoms with van der Waals surface area (Å²) in [5, 5.41) is 16.0. The molecule has 0 amide bonds. The highest BCUT2D eigenvalue weighted by Crippen LogP contribution is 2.40. The molecule has 0 N–H and O–H groups in total. The number of hydrogen-bond acceptors (Lipinski definition) is 6. The molecular formula is C18H15N3O5S. The lowest BCUT2D eigenvalue weighted by Gasteiger charge is -2.18. The van der Waals surface area contributed by atoms with E-state index in [0.29, 0.717) is 21.7 Å². The minimum atomic E-state index is -3.63. The molecule has 0 radical (unpaired) electrons. The van der Waals surface area contributed by atoms with Gasteiger partial charge in [-0.3, -0.25) is 0 Å². The molecule has 0 saturated carbocycles. The third kappa shape index (κ3) is 2.76. The first-order valence-electron chi connectivity index (χ1n) is 8.22. The molecule has 3 aromatic rings. The van der Waals surface area contributed by atoms with Crippen molar-refractivity contribution in [2.75, 3.05) is 6.61 Å². The molecule has 0 aliphatic carbocycles. The predicted molar refractivity (Wildman–Crippen MR) is 94.8 cm³/mol. The monoisotopic (exact) mass is 385 g/mol. The Morgan fingerprint density at radius 1 is 1.30 bits per heavy atom. The molecule has 27 heavy (non-hydrogen) atoms. The van der Waals surface area contributed by atoms with Crippen molar-refractivity contribution in [3.8, 4) is 16.9 Å². The second kappa shape index (κ2) is 6.20. The number of esters is 1. The second-order valence-corrected chi connectivity index (χ2v) is 7.94. The summed E-state index contributed by atoms with van der Waals surface area (Å²) < 4.78 is 32.5. The van der Waals surface area contributed by atoms with Crippen LogP contribution in [0.2, 0.25) is 0 Å². The molecule has 0 spiro atoms. The zero-order chi connectivity index (χ0) is 19.2. The lowest BCUT2D eigenvalue weighted by atomic mass is 10.1. The number of carbonyl (C=O) groups is 1. The normalized spacial score (nSPS) is 14.3. The van der Waals surface area contributed by atoms with Crippen molar-refractivity contribution in [1.29, 1.82) is 0 Å². The summed E-state index contributed by atoms with van der Waals surface area (Å²) in [7, 11) is -3.63. The van der Waals surface area contributed by atoms with E-state index in [1.54, 1.807) is 37.3 Å². The average molecular weight is 385 g/mol. The number of benzene rings is 1. The Kier molecular flexibility index (Phi) is 3.96. The zero-order valence-corrected chi connectivity index (χ0v) is 15.1. The van der Waals surface area contributed by atoms with Gasteiger partial charge in [0.05, 0.1) is 22.9 Å². The van der Waals surface area contributed by atoms with Crippen LogP contribution in [0.3, 0.4) is 0 Å². The van der Waals surface area contributed by atoms with Gasteiger partial charge in [0.25, 0.3) is 0 Å². The van der Waals surface area contributed by atoms with Crippen LogP contribution in [0.1, 0.15) is 23.0 Å². The third-order valence-corrected chi connectivity index (χ3v) is 5.96. The summed E-state index contributed by atoms with van der Waals surface area (Å²) in [5.74, 6) is -1.06. The Morgan fingerprint density at radius 3 is 2.81 bits per heavy atom. The van der Waals surface area contributed by atoms with Gasteiger partial charge in [-0.2, -0.15) is 9.83 Å². The molecule has 0 bridgehead atoms. The molecule has 3 heterocycles. The zero-order valence-electron chi connectivity index (χ0n) is 14.3. The van der Waals surface area contributed by atoms with Crippen LogP contribution < -0.4 is 4.73 Å². The fourth-order valence-electron chi connectivity index (χ4n) is 3.18. The van der Waals surface area contributed by atoms with Gasteiger partial charge in [0.1, 0.15) is 5.69 Å². The average Bonchev–Trinajstić information content (AvgIpc) is 3.01. The summed E-state index contributed by atoms with van der Waals surface area (Å²) in [4.78, 5) is 12.6. The van der Waals surface area contributed by atoms with Crippen LogP contribution in [-0.2, 0) is 20.3 Å². The van der Waals surface area contributed by atoms with Crippen LogP contribution in [0.4, 0.5) is 0 Å². The van der Waals surface area contributed by atoms with E-state index in [1.165, 1.54) is 23.1 Å². The van der Waals surface area contributed by atoms with Crippen molar-refractivity contribution in [1.82, 2.24) is 9.78 Å². The number of aromatic nitrogens is 3. The molecule has 2 aromatic heterocycles. The van der Waals surface area contributed by atoms with Crippen LogP contribution >= 0.6 is 0 Å². The molecule has 8 nitrogen and oxygen atoms in total. The van der Waals surface area contributed by atoms with Gasteiger partial charge in [-0.25, -0.2) is 17.9 Å². The number of nitrogens with zero attached hydrogens (tertiary/aromatic N) is 3. The highest BCUT2D eigenvalue weighted by atomic mass is 32.2. The smallest absolute Gasteiger partial charge is 0.359 e. The number of hydrogen-bond donors (Lipinski definition) is 0. The van der Waals surface area contributed by atoms with Crippen LogP contribution in [0, 0.1) is 5.21 Å². The van der Waals surface area contributed by atoms with Gasteiger partial charge in [0.2, 0.25) is 6.20 Å². The molecule has 0 saturated heterocycles. The van der Waals surface area contributed by atoms with Crippen LogP contribution in [-0.4, -0.2) is 30.8 Å². The Balaban J connectivity index is 2.06. The van der Waals surface area contributed by atoms with Gasteiger partial charge in [0, 0.05) is 17.2 Å². The Bertz CT molecular complexity index is 1170. The Morgan fingerprint density at radius 2 is 2.07 bits per heavy atom. The molecule has 0 fully saturated rings. The highest BCUT2D eigenvalue weighted by Gasteiger charge is 2.36. The van der Waals surface area contributed by atoms with Crippen molar-refractivity contribution in [2.24, 2.45) is 0 Å². The van der Waals surface area contributed by atoms with E-state index in [0.717, 1.165) is 0 Å². The SMILES string of the molecule is CCOC(=O)c1nn(-c2ccc[n+]([O-])c2)c2c1CS(=O)(=O)c1ccccc1-2. The largest absolute Gasteiger partial charge is 0.619 e. The molecule has 0 unspecified atom stereocenters. The van der Waals surface area contributed by atoms with Gasteiger partial charge in [-0.05, 0) is 19.1 Å². The number of sulfone groups is 1. The third-order valence-electron chi connectivity index (χ3n) is 4.27. The fraction of sp³-hybridized carbons (Fsp3) is 0.167. The Hall–Kier alpha value is -3.20. The van der Waals surface area contributed by atoms with E-state index in [2.05, 4.69) is 5.10 Å². The first-order chi connectivity index (χ1) is 12.9. The standard InChI is InChI=1S/C18H15N3O5S/c1-2-26-18(22)16-14-11-27(24,25)15-8-4-3-7-13(15)17(14)21(19-16)12-6-5-9-20(23)10-12/h3-10H,2,11H2,1H3. The number of rotatable bonds is 3. The minimum absolute atomic E-state index is 0.0637. The topological polar surface area (TPSA) is 105 Å². The first-order valence-corrected chi connectivity index (χ1v) is 9.88. The summed E-state index contributed by atoms with van der Waals surface area (Å²) >= 11 is 0. The van der Waals surface area contributed by atoms with Gasteiger partial charge < -0.3 is 9.94 Å².